The molecule has 1 aromatic rings. The molecule has 0 heterocycles. The van der Waals surface area contributed by atoms with Gasteiger partial charge in [-0.15, -0.1) is 0 Å². The molecule has 1 aromatic carbocycles. The Morgan fingerprint density at radius 3 is 2.62 bits per heavy atom. The van der Waals surface area contributed by atoms with Crippen molar-refractivity contribution >= 4 is 17.6 Å². The van der Waals surface area contributed by atoms with Crippen molar-refractivity contribution in [2.24, 2.45) is 5.92 Å². The normalized spacial score (nSPS) is 10.3. The monoisotopic (exact) mass is 294 g/mol. The number of nitro groups is 1. The number of aryl methyl sites for hydroxylation is 1. The number of rotatable bonds is 6. The van der Waals surface area contributed by atoms with E-state index in [2.05, 4.69) is 5.32 Å². The average molecular weight is 294 g/mol. The highest BCUT2D eigenvalue weighted by atomic mass is 16.6. The maximum atomic E-state index is 11.9. The van der Waals surface area contributed by atoms with Crippen LogP contribution in [0.1, 0.15) is 29.8 Å². The summed E-state index contributed by atoms with van der Waals surface area (Å²) in [5.41, 5.74) is -0.0291. The molecule has 0 radical (unpaired) electrons. The van der Waals surface area contributed by atoms with Gasteiger partial charge in [0.25, 0.3) is 11.6 Å². The molecule has 0 aliphatic rings. The zero-order chi connectivity index (χ0) is 16.0. The summed E-state index contributed by atoms with van der Waals surface area (Å²) >= 11 is 0. The molecule has 0 spiro atoms. The van der Waals surface area contributed by atoms with E-state index in [0.29, 0.717) is 12.1 Å². The van der Waals surface area contributed by atoms with Gasteiger partial charge in [-0.25, -0.2) is 4.79 Å². The average Bonchev–Trinajstić information content (AvgIpc) is 2.42. The van der Waals surface area contributed by atoms with E-state index in [1.165, 1.54) is 12.1 Å². The van der Waals surface area contributed by atoms with Gasteiger partial charge in [0.15, 0.2) is 6.61 Å². The summed E-state index contributed by atoms with van der Waals surface area (Å²) in [6.45, 7) is 5.45. The summed E-state index contributed by atoms with van der Waals surface area (Å²) in [6, 6.07) is 4.28. The molecule has 7 heteroatoms. The maximum absolute atomic E-state index is 11.9. The van der Waals surface area contributed by atoms with E-state index in [4.69, 9.17) is 4.74 Å². The number of nitrogens with one attached hydrogen (secondary N) is 1. The van der Waals surface area contributed by atoms with Crippen LogP contribution in [0.15, 0.2) is 18.2 Å². The summed E-state index contributed by atoms with van der Waals surface area (Å²) in [5, 5.41) is 13.5. The van der Waals surface area contributed by atoms with Crippen molar-refractivity contribution in [3.05, 3.63) is 39.4 Å². The maximum Gasteiger partial charge on any atom is 0.345 e. The van der Waals surface area contributed by atoms with Gasteiger partial charge in [-0.1, -0.05) is 26.0 Å². The molecule has 0 aliphatic carbocycles. The predicted molar refractivity (Wildman–Crippen MR) is 76.0 cm³/mol. The van der Waals surface area contributed by atoms with Gasteiger partial charge in [-0.3, -0.25) is 14.9 Å². The van der Waals surface area contributed by atoms with Gasteiger partial charge in [-0.2, -0.15) is 0 Å². The second kappa shape index (κ2) is 7.37. The van der Waals surface area contributed by atoms with Crippen LogP contribution >= 0.6 is 0 Å². The van der Waals surface area contributed by atoms with Crippen LogP contribution in [0.4, 0.5) is 5.69 Å². The number of carbonyl (C=O) groups is 2. The lowest BCUT2D eigenvalue weighted by atomic mass is 10.1. The molecule has 0 saturated heterocycles. The van der Waals surface area contributed by atoms with Crippen molar-refractivity contribution in [1.29, 1.82) is 0 Å². The number of benzene rings is 1. The molecular weight excluding hydrogens is 276 g/mol. The molecule has 21 heavy (non-hydrogen) atoms. The van der Waals surface area contributed by atoms with Crippen molar-refractivity contribution in [1.82, 2.24) is 5.32 Å². The highest BCUT2D eigenvalue weighted by Gasteiger charge is 2.24. The molecule has 0 aliphatic heterocycles. The minimum atomic E-state index is -0.875. The molecule has 0 saturated carbocycles. The van der Waals surface area contributed by atoms with E-state index in [1.54, 1.807) is 13.0 Å². The first kappa shape index (κ1) is 16.6. The summed E-state index contributed by atoms with van der Waals surface area (Å²) in [6.07, 6.45) is 0. The van der Waals surface area contributed by atoms with Crippen molar-refractivity contribution in [3.8, 4) is 0 Å². The third kappa shape index (κ3) is 4.87. The van der Waals surface area contributed by atoms with Gasteiger partial charge in [0, 0.05) is 12.6 Å². The van der Waals surface area contributed by atoms with Gasteiger partial charge in [0.2, 0.25) is 0 Å². The minimum Gasteiger partial charge on any atom is -0.452 e. The van der Waals surface area contributed by atoms with Crippen molar-refractivity contribution in [2.75, 3.05) is 13.2 Å². The van der Waals surface area contributed by atoms with Gasteiger partial charge in [0.1, 0.15) is 5.56 Å². The summed E-state index contributed by atoms with van der Waals surface area (Å²) < 4.78 is 4.84. The molecule has 1 rings (SSSR count). The number of nitrogens with zero attached hydrogens (tertiary/aromatic N) is 1. The Kier molecular flexibility index (Phi) is 5.83. The molecule has 0 fully saturated rings. The molecule has 0 bridgehead atoms. The second-order valence-electron chi connectivity index (χ2n) is 5.00. The lowest BCUT2D eigenvalue weighted by Gasteiger charge is -2.09. The zero-order valence-corrected chi connectivity index (χ0v) is 12.2. The fourth-order valence-electron chi connectivity index (χ4n) is 1.64. The Labute approximate surface area is 122 Å². The van der Waals surface area contributed by atoms with Crippen LogP contribution in [0.2, 0.25) is 0 Å². The third-order valence-electron chi connectivity index (χ3n) is 2.69. The third-order valence-corrected chi connectivity index (χ3v) is 2.69. The van der Waals surface area contributed by atoms with Crippen LogP contribution in [0, 0.1) is 23.0 Å². The lowest BCUT2D eigenvalue weighted by Crippen LogP contribution is -2.31. The fourth-order valence-corrected chi connectivity index (χ4v) is 1.64. The van der Waals surface area contributed by atoms with Crippen LogP contribution < -0.4 is 5.32 Å². The van der Waals surface area contributed by atoms with Gasteiger partial charge >= 0.3 is 5.97 Å². The second-order valence-corrected chi connectivity index (χ2v) is 5.00. The Morgan fingerprint density at radius 1 is 1.38 bits per heavy atom. The Hall–Kier alpha value is -2.44. The van der Waals surface area contributed by atoms with Crippen LogP contribution in [0.3, 0.4) is 0 Å². The quantitative estimate of drug-likeness (QED) is 0.490. The van der Waals surface area contributed by atoms with E-state index >= 15 is 0 Å². The fraction of sp³-hybridized carbons (Fsp3) is 0.429. The number of nitro benzene ring substituents is 1. The topological polar surface area (TPSA) is 98.5 Å². The zero-order valence-electron chi connectivity index (χ0n) is 12.2. The summed E-state index contributed by atoms with van der Waals surface area (Å²) in [7, 11) is 0. The van der Waals surface area contributed by atoms with E-state index in [9.17, 15) is 19.7 Å². The molecule has 114 valence electrons. The molecule has 1 amide bonds. The number of amides is 1. The highest BCUT2D eigenvalue weighted by molar-refractivity contribution is 5.96. The van der Waals surface area contributed by atoms with Crippen LogP contribution in [0.25, 0.3) is 0 Å². The molecule has 0 aromatic heterocycles. The number of hydrogen-bond acceptors (Lipinski definition) is 5. The van der Waals surface area contributed by atoms with E-state index in [1.807, 2.05) is 13.8 Å². The van der Waals surface area contributed by atoms with Crippen molar-refractivity contribution in [3.63, 3.8) is 0 Å². The van der Waals surface area contributed by atoms with Crippen LogP contribution in [-0.2, 0) is 9.53 Å². The SMILES string of the molecule is Cc1cccc([N+](=O)[O-])c1C(=O)OCC(=O)NCC(C)C. The largest absolute Gasteiger partial charge is 0.452 e. The molecular formula is C14H18N2O5. The van der Waals surface area contributed by atoms with Gasteiger partial charge in [0.05, 0.1) is 4.92 Å². The first-order valence-electron chi connectivity index (χ1n) is 6.50. The molecule has 1 N–H and O–H groups in total. The predicted octanol–water partition coefficient (Wildman–Crippen LogP) is 1.83. The van der Waals surface area contributed by atoms with Crippen LogP contribution in [0.5, 0.6) is 0 Å². The first-order chi connectivity index (χ1) is 9.82. The van der Waals surface area contributed by atoms with Gasteiger partial charge in [-0.05, 0) is 18.4 Å². The molecule has 0 unspecified atom stereocenters. The standard InChI is InChI=1S/C14H18N2O5/c1-9(2)7-15-12(17)8-21-14(18)13-10(3)5-4-6-11(13)16(19)20/h4-6,9H,7-8H2,1-3H3,(H,15,17). The van der Waals surface area contributed by atoms with Crippen molar-refractivity contribution in [2.45, 2.75) is 20.8 Å². The summed E-state index contributed by atoms with van der Waals surface area (Å²) in [4.78, 5) is 33.7. The Bertz CT molecular complexity index is 554. The van der Waals surface area contributed by atoms with E-state index in [-0.39, 0.29) is 17.2 Å². The smallest absolute Gasteiger partial charge is 0.345 e. The van der Waals surface area contributed by atoms with Gasteiger partial charge < -0.3 is 10.1 Å². The number of ether oxygens (including phenoxy) is 1. The van der Waals surface area contributed by atoms with E-state index in [0.717, 1.165) is 0 Å². The number of esters is 1. The number of hydrogen-bond donors (Lipinski definition) is 1. The van der Waals surface area contributed by atoms with E-state index < -0.39 is 23.4 Å². The highest BCUT2D eigenvalue weighted by Crippen LogP contribution is 2.22. The minimum absolute atomic E-state index is 0.126. The van der Waals surface area contributed by atoms with Crippen LogP contribution in [-0.4, -0.2) is 30.0 Å². The number of carbonyl (C=O) groups excluding carboxylic acids is 2. The molecule has 7 nitrogen and oxygen atoms in total. The molecule has 0 atom stereocenters. The summed E-state index contributed by atoms with van der Waals surface area (Å²) in [5.74, 6) is -1.03. The van der Waals surface area contributed by atoms with Crippen molar-refractivity contribution < 1.29 is 19.2 Å². The first-order valence-corrected chi connectivity index (χ1v) is 6.50. The lowest BCUT2D eigenvalue weighted by molar-refractivity contribution is -0.385. The Balaban J connectivity index is 2.73. The Morgan fingerprint density at radius 2 is 2.05 bits per heavy atom.